The number of fused-ring (bicyclic) bond motifs is 1. The summed E-state index contributed by atoms with van der Waals surface area (Å²) in [5.74, 6) is 0. The van der Waals surface area contributed by atoms with Crippen molar-refractivity contribution in [2.24, 2.45) is 0 Å². The minimum Gasteiger partial charge on any atom is -0.307 e. The Bertz CT molecular complexity index is 306. The molecule has 0 aromatic heterocycles. The van der Waals surface area contributed by atoms with E-state index in [-0.39, 0.29) is 0 Å². The van der Waals surface area contributed by atoms with Crippen molar-refractivity contribution >= 4 is 17.6 Å². The first-order valence-electron chi connectivity index (χ1n) is 3.58. The predicted molar refractivity (Wildman–Crippen MR) is 48.2 cm³/mol. The molecule has 0 atom stereocenters. The molecule has 0 saturated carbocycles. The lowest BCUT2D eigenvalue weighted by atomic mass is 10.3. The van der Waals surface area contributed by atoms with E-state index in [4.69, 9.17) is 5.26 Å². The summed E-state index contributed by atoms with van der Waals surface area (Å²) in [5.41, 5.74) is 4.19. The van der Waals surface area contributed by atoms with Crippen LogP contribution in [0.2, 0.25) is 0 Å². The van der Waals surface area contributed by atoms with Gasteiger partial charge in [0, 0.05) is 4.90 Å². The number of hydrogen-bond acceptors (Lipinski definition) is 4. The molecular weight excluding hydrogens is 170 g/mol. The molecular formula is C8H7N3S. The van der Waals surface area contributed by atoms with E-state index in [0.29, 0.717) is 6.54 Å². The number of anilines is 1. The maximum Gasteiger partial charge on any atom is 0.117 e. The lowest BCUT2D eigenvalue weighted by Gasteiger charge is -2.07. The molecule has 0 radical (unpaired) electrons. The van der Waals surface area contributed by atoms with Gasteiger partial charge in [0.15, 0.2) is 0 Å². The zero-order valence-electron chi connectivity index (χ0n) is 6.32. The van der Waals surface area contributed by atoms with Crippen molar-refractivity contribution < 1.29 is 0 Å². The van der Waals surface area contributed by atoms with Crippen LogP contribution in [-0.2, 0) is 0 Å². The number of rotatable bonds is 1. The first kappa shape index (κ1) is 7.47. The van der Waals surface area contributed by atoms with Crippen molar-refractivity contribution in [2.45, 2.75) is 4.90 Å². The minimum atomic E-state index is 0.388. The van der Waals surface area contributed by atoms with Gasteiger partial charge in [-0.15, -0.1) is 4.41 Å². The Hall–Kier alpha value is -1.18. The van der Waals surface area contributed by atoms with E-state index in [1.807, 2.05) is 28.7 Å². The highest BCUT2D eigenvalue weighted by molar-refractivity contribution is 7.97. The Kier molecular flexibility index (Phi) is 1.90. The number of hydrazine groups is 1. The molecule has 0 amide bonds. The van der Waals surface area contributed by atoms with E-state index in [2.05, 4.69) is 11.5 Å². The van der Waals surface area contributed by atoms with Crippen molar-refractivity contribution in [3.8, 4) is 6.07 Å². The first-order valence-corrected chi connectivity index (χ1v) is 4.35. The quantitative estimate of drug-likeness (QED) is 0.525. The molecule has 1 N–H and O–H groups in total. The molecule has 1 aromatic carbocycles. The molecule has 12 heavy (non-hydrogen) atoms. The van der Waals surface area contributed by atoms with Gasteiger partial charge in [-0.25, -0.2) is 0 Å². The van der Waals surface area contributed by atoms with Crippen molar-refractivity contribution in [3.05, 3.63) is 24.3 Å². The number of para-hydroxylation sites is 1. The molecule has 1 heterocycles. The summed E-state index contributed by atoms with van der Waals surface area (Å²) >= 11 is 1.56. The lowest BCUT2D eigenvalue weighted by Crippen LogP contribution is -2.17. The molecule has 60 valence electrons. The highest BCUT2D eigenvalue weighted by Gasteiger charge is 2.17. The Balaban J connectivity index is 2.18. The summed E-state index contributed by atoms with van der Waals surface area (Å²) in [6.45, 7) is 0.388. The topological polar surface area (TPSA) is 39.1 Å². The standard InChI is InChI=1S/C8H7N3S/c9-5-6-11-10-7-3-1-2-4-8(7)12-11/h1-4,10H,6H2. The SMILES string of the molecule is N#CCN1Nc2ccccc2S1. The van der Waals surface area contributed by atoms with Gasteiger partial charge in [-0.2, -0.15) is 5.26 Å². The van der Waals surface area contributed by atoms with Crippen LogP contribution in [0.25, 0.3) is 0 Å². The van der Waals surface area contributed by atoms with Crippen molar-refractivity contribution in [3.63, 3.8) is 0 Å². The van der Waals surface area contributed by atoms with Gasteiger partial charge in [0.05, 0.1) is 11.8 Å². The third-order valence-corrected chi connectivity index (χ3v) is 2.55. The molecule has 1 aromatic rings. The average Bonchev–Trinajstić information content (AvgIpc) is 2.47. The highest BCUT2D eigenvalue weighted by Crippen LogP contribution is 2.36. The molecule has 4 heteroatoms. The van der Waals surface area contributed by atoms with Crippen LogP contribution in [0.5, 0.6) is 0 Å². The molecule has 2 rings (SSSR count). The fourth-order valence-corrected chi connectivity index (χ4v) is 1.91. The largest absolute Gasteiger partial charge is 0.307 e. The minimum absolute atomic E-state index is 0.388. The van der Waals surface area contributed by atoms with Crippen molar-refractivity contribution in [2.75, 3.05) is 12.0 Å². The smallest absolute Gasteiger partial charge is 0.117 e. The van der Waals surface area contributed by atoms with Gasteiger partial charge in [-0.05, 0) is 24.1 Å². The zero-order valence-corrected chi connectivity index (χ0v) is 7.14. The Morgan fingerprint density at radius 3 is 3.08 bits per heavy atom. The van der Waals surface area contributed by atoms with Crippen LogP contribution in [0.1, 0.15) is 0 Å². The Labute approximate surface area is 75.1 Å². The van der Waals surface area contributed by atoms with E-state index < -0.39 is 0 Å². The van der Waals surface area contributed by atoms with Gasteiger partial charge >= 0.3 is 0 Å². The van der Waals surface area contributed by atoms with Crippen LogP contribution in [0.3, 0.4) is 0 Å². The van der Waals surface area contributed by atoms with Gasteiger partial charge in [0.25, 0.3) is 0 Å². The lowest BCUT2D eigenvalue weighted by molar-refractivity contribution is 0.642. The Morgan fingerprint density at radius 1 is 1.50 bits per heavy atom. The average molecular weight is 177 g/mol. The first-order chi connectivity index (χ1) is 5.90. The van der Waals surface area contributed by atoms with Crippen LogP contribution >= 0.6 is 11.9 Å². The maximum absolute atomic E-state index is 8.46. The molecule has 1 aliphatic rings. The molecule has 3 nitrogen and oxygen atoms in total. The monoisotopic (exact) mass is 177 g/mol. The number of nitriles is 1. The second-order valence-corrected chi connectivity index (χ2v) is 3.46. The molecule has 0 bridgehead atoms. The van der Waals surface area contributed by atoms with Crippen molar-refractivity contribution in [1.29, 1.82) is 5.26 Å². The molecule has 0 spiro atoms. The fraction of sp³-hybridized carbons (Fsp3) is 0.125. The number of nitrogens with zero attached hydrogens (tertiary/aromatic N) is 2. The van der Waals surface area contributed by atoms with E-state index in [0.717, 1.165) is 5.69 Å². The number of nitrogens with one attached hydrogen (secondary N) is 1. The van der Waals surface area contributed by atoms with Crippen LogP contribution in [0, 0.1) is 11.3 Å². The van der Waals surface area contributed by atoms with E-state index >= 15 is 0 Å². The van der Waals surface area contributed by atoms with Gasteiger partial charge in [0.1, 0.15) is 6.54 Å². The van der Waals surface area contributed by atoms with Gasteiger partial charge in [-0.3, -0.25) is 0 Å². The maximum atomic E-state index is 8.46. The summed E-state index contributed by atoms with van der Waals surface area (Å²) in [6, 6.07) is 10.1. The van der Waals surface area contributed by atoms with Crippen LogP contribution in [-0.4, -0.2) is 11.0 Å². The third-order valence-electron chi connectivity index (χ3n) is 1.56. The van der Waals surface area contributed by atoms with Gasteiger partial charge in [0.2, 0.25) is 0 Å². The fourth-order valence-electron chi connectivity index (χ4n) is 1.05. The predicted octanol–water partition coefficient (Wildman–Crippen LogP) is 1.86. The van der Waals surface area contributed by atoms with E-state index in [9.17, 15) is 0 Å². The van der Waals surface area contributed by atoms with Crippen LogP contribution in [0.15, 0.2) is 29.2 Å². The molecule has 0 aliphatic carbocycles. The van der Waals surface area contributed by atoms with Gasteiger partial charge in [-0.1, -0.05) is 12.1 Å². The Morgan fingerprint density at radius 2 is 2.33 bits per heavy atom. The molecule has 0 unspecified atom stereocenters. The molecule has 0 fully saturated rings. The molecule has 1 aliphatic heterocycles. The second kappa shape index (κ2) is 3.05. The van der Waals surface area contributed by atoms with E-state index in [1.54, 1.807) is 11.9 Å². The summed E-state index contributed by atoms with van der Waals surface area (Å²) in [7, 11) is 0. The van der Waals surface area contributed by atoms with Gasteiger partial charge < -0.3 is 5.43 Å². The van der Waals surface area contributed by atoms with Crippen molar-refractivity contribution in [1.82, 2.24) is 4.41 Å². The molecule has 0 saturated heterocycles. The number of benzene rings is 1. The summed E-state index contributed by atoms with van der Waals surface area (Å²) in [4.78, 5) is 1.17. The van der Waals surface area contributed by atoms with E-state index in [1.165, 1.54) is 4.90 Å². The summed E-state index contributed by atoms with van der Waals surface area (Å²) in [6.07, 6.45) is 0. The summed E-state index contributed by atoms with van der Waals surface area (Å²) in [5, 5.41) is 8.46. The number of hydrogen-bond donors (Lipinski definition) is 1. The van der Waals surface area contributed by atoms with Crippen LogP contribution < -0.4 is 5.43 Å². The zero-order chi connectivity index (χ0) is 8.39. The third kappa shape index (κ3) is 1.24. The summed E-state index contributed by atoms with van der Waals surface area (Å²) < 4.78 is 1.81. The highest BCUT2D eigenvalue weighted by atomic mass is 32.2. The second-order valence-electron chi connectivity index (χ2n) is 2.39. The normalized spacial score (nSPS) is 14.9. The van der Waals surface area contributed by atoms with Crippen LogP contribution in [0.4, 0.5) is 5.69 Å².